The second-order valence-electron chi connectivity index (χ2n) is 22.3. The third-order valence-electron chi connectivity index (χ3n) is 16.6. The van der Waals surface area contributed by atoms with Gasteiger partial charge in [-0.1, -0.05) is 5.16 Å². The Morgan fingerprint density at radius 3 is 0.854 bits per heavy atom. The minimum absolute atomic E-state index is 0. The molecular formula is C50H79IN2O36. The molecule has 0 saturated carbocycles. The number of aryl methyl sites for hydroxylation is 1. The molecule has 16 rings (SSSR count). The molecule has 0 radical (unpaired) electrons. The number of halogens is 1. The van der Waals surface area contributed by atoms with Crippen LogP contribution in [0.25, 0.3) is 0 Å². The first-order valence-electron chi connectivity index (χ1n) is 28.1. The molecule has 0 spiro atoms. The Kier molecular flexibility index (Phi) is 25.9. The predicted molar refractivity (Wildman–Crippen MR) is 268 cm³/mol. The van der Waals surface area contributed by atoms with Crippen LogP contribution in [0.3, 0.4) is 0 Å². The summed E-state index contributed by atoms with van der Waals surface area (Å²) in [5.74, 6) is 0. The number of ether oxygens (including phenoxy) is 15. The second kappa shape index (κ2) is 31.7. The summed E-state index contributed by atoms with van der Waals surface area (Å²) in [4.78, 5) is 0. The smallest absolute Gasteiger partial charge is 0.227 e. The van der Waals surface area contributed by atoms with Crippen LogP contribution in [0.15, 0.2) is 23.5 Å². The van der Waals surface area contributed by atoms with Crippen molar-refractivity contribution in [3.8, 4) is 0 Å². The number of hydrogen-bond donors (Lipinski definition) is 21. The van der Waals surface area contributed by atoms with E-state index >= 15 is 0 Å². The summed E-state index contributed by atoms with van der Waals surface area (Å²) < 4.78 is 89.3. The Labute approximate surface area is 521 Å². The molecule has 0 unspecified atom stereocenters. The molecule has 35 atom stereocenters. The van der Waals surface area contributed by atoms with Gasteiger partial charge in [-0.3, -0.25) is 0 Å². The SMILES string of the molecule is C[n+]1ccc(CO[C@H]2[C@H]3O[C@H]4[C@H](O)[C@@H](O)[C@@H](O[C@H]5[C@H](O)[C@@H](O)[C@@H](O[C@H]6[C@H](O)[C@@H](O)[C@@H](O[C@H]7[C@H](O)[C@@H](O)[C@@H](O[C@H]8[C@H](O)[C@@H](O)[C@@H](O[C@H]9[C@H](O)[C@@H](O)[C@@H](O[C@@H]([C@@H]2O)[C@@H](CO)O3)O[C@@H]9CO)O[C@@H]8CO)O[C@@H]7CO)O[C@@H]6CO)O[C@@H]5CO)O[C@@H]4CO)cc1/C=N/O.[I-]. The largest absolute Gasteiger partial charge is 1.00 e. The number of aromatic nitrogens is 1. The van der Waals surface area contributed by atoms with E-state index in [1.807, 2.05) is 0 Å². The van der Waals surface area contributed by atoms with Gasteiger partial charge in [0.15, 0.2) is 50.2 Å². The van der Waals surface area contributed by atoms with Crippen LogP contribution in [0.1, 0.15) is 11.3 Å². The van der Waals surface area contributed by atoms with Gasteiger partial charge < -0.3 is 202 Å². The quantitative estimate of drug-likeness (QED) is 0.0322. The number of nitrogens with zero attached hydrogens (tertiary/aromatic N) is 2. The van der Waals surface area contributed by atoms with E-state index < -0.39 is 268 Å². The van der Waals surface area contributed by atoms with Crippen molar-refractivity contribution in [3.05, 3.63) is 29.6 Å². The Bertz CT molecular complexity index is 2380. The molecule has 38 nitrogen and oxygen atoms in total. The number of aliphatic hydroxyl groups is 20. The first-order chi connectivity index (χ1) is 42.1. The highest BCUT2D eigenvalue weighted by Crippen LogP contribution is 2.39. The van der Waals surface area contributed by atoms with Crippen molar-refractivity contribution in [2.24, 2.45) is 12.2 Å². The summed E-state index contributed by atoms with van der Waals surface area (Å²) in [6.07, 6.45) is -67.6. The molecule has 0 aliphatic carbocycles. The van der Waals surface area contributed by atoms with E-state index in [0.717, 1.165) is 6.21 Å². The van der Waals surface area contributed by atoms with Crippen molar-refractivity contribution < 1.29 is 207 Å². The predicted octanol–water partition coefficient (Wildman–Crippen LogP) is -17.4. The van der Waals surface area contributed by atoms with Gasteiger partial charge in [0, 0.05) is 12.1 Å². The van der Waals surface area contributed by atoms with Crippen molar-refractivity contribution in [3.63, 3.8) is 0 Å². The zero-order valence-corrected chi connectivity index (χ0v) is 49.1. The average Bonchev–Trinajstić information content (AvgIpc) is 2.57. The lowest BCUT2D eigenvalue weighted by atomic mass is 9.95. The molecule has 39 heteroatoms. The summed E-state index contributed by atoms with van der Waals surface area (Å²) >= 11 is 0. The van der Waals surface area contributed by atoms with Crippen molar-refractivity contribution in [1.29, 1.82) is 0 Å². The minimum Gasteiger partial charge on any atom is -1.00 e. The van der Waals surface area contributed by atoms with Crippen LogP contribution in [0, 0.1) is 0 Å². The molecule has 15 aliphatic rings. The first-order valence-corrected chi connectivity index (χ1v) is 28.1. The lowest BCUT2D eigenvalue weighted by Gasteiger charge is -2.50. The van der Waals surface area contributed by atoms with Gasteiger partial charge in [0.2, 0.25) is 5.69 Å². The number of fused-ring (bicyclic) bond motifs is 7. The van der Waals surface area contributed by atoms with Crippen molar-refractivity contribution in [2.45, 2.75) is 222 Å². The molecule has 0 amide bonds. The van der Waals surface area contributed by atoms with E-state index in [4.69, 9.17) is 71.1 Å². The van der Waals surface area contributed by atoms with Crippen molar-refractivity contribution >= 4 is 6.21 Å². The van der Waals surface area contributed by atoms with Gasteiger partial charge >= 0.3 is 0 Å². The first kappa shape index (κ1) is 72.8. The summed E-state index contributed by atoms with van der Waals surface area (Å²) in [6.45, 7) is -7.83. The highest BCUT2D eigenvalue weighted by molar-refractivity contribution is 5.74. The van der Waals surface area contributed by atoms with E-state index in [0.29, 0.717) is 11.3 Å². The standard InChI is InChI=1S/C50H78N2O36.HI/c1-52-3-2-14(4-15(52)5-51-73)13-74-43-35(72)42-22(12-59)81-50(43)88-41-21(11-58)80-48(34(71)28(41)65)86-39-19(9-56)78-46(32(69)26(39)63)84-37-17(7-54)76-44(30(67)24(37)61)82-36-16(6-53)75-45(29(66)23(36)60)83-38-18(8-55)77-47(31(68)25(38)62)85-40-20(10-57)79-49(87-42)33(70)27(40)64;/h2-5,16-50,53-72H,6-13H2,1H3;1H/t16-,17-,18-,19-,20-,21-,22-,23-,24-,25-,26-,27-,28-,29-,30-,31-,32-,33-,34-,35+,36-,37-,38-,39-,40-,41-,42-,43-,44-,45-,46-,47-,48-,49-,50-;/m1./s1. The van der Waals surface area contributed by atoms with Gasteiger partial charge in [-0.15, -0.1) is 0 Å². The Balaban J connectivity index is 0.0000102. The lowest BCUT2D eigenvalue weighted by molar-refractivity contribution is -0.672. The fourth-order valence-electron chi connectivity index (χ4n) is 11.7. The minimum atomic E-state index is -2.23. The number of pyridine rings is 1. The third-order valence-corrected chi connectivity index (χ3v) is 16.6. The van der Waals surface area contributed by atoms with E-state index in [-0.39, 0.29) is 24.0 Å². The molecule has 21 N–H and O–H groups in total. The number of hydrogen-bond acceptors (Lipinski definition) is 37. The van der Waals surface area contributed by atoms with Crippen LogP contribution in [-0.4, -0.2) is 375 Å². The van der Waals surface area contributed by atoms with Gasteiger partial charge in [-0.25, -0.2) is 4.57 Å². The fraction of sp³-hybridized carbons (Fsp3) is 0.880. The normalized spacial score (nSPS) is 49.4. The third kappa shape index (κ3) is 15.0. The molecule has 14 bridgehead atoms. The molecule has 89 heavy (non-hydrogen) atoms. The summed E-state index contributed by atoms with van der Waals surface area (Å²) in [5, 5.41) is 236. The van der Waals surface area contributed by atoms with Crippen LogP contribution in [0.2, 0.25) is 0 Å². The maximum atomic E-state index is 12.2. The summed E-state index contributed by atoms with van der Waals surface area (Å²) in [5.41, 5.74) is 0.700. The second-order valence-corrected chi connectivity index (χ2v) is 22.3. The van der Waals surface area contributed by atoms with Gasteiger partial charge in [-0.2, -0.15) is 0 Å². The van der Waals surface area contributed by atoms with Crippen LogP contribution < -0.4 is 28.5 Å². The maximum absolute atomic E-state index is 12.2. The van der Waals surface area contributed by atoms with Crippen molar-refractivity contribution in [2.75, 3.05) is 46.2 Å². The fourth-order valence-corrected chi connectivity index (χ4v) is 11.7. The molecule has 1 aromatic heterocycles. The number of rotatable bonds is 11. The molecule has 15 saturated heterocycles. The van der Waals surface area contributed by atoms with Crippen LogP contribution in [0.4, 0.5) is 0 Å². The van der Waals surface area contributed by atoms with E-state index in [2.05, 4.69) is 5.16 Å². The zero-order valence-electron chi connectivity index (χ0n) is 47.0. The molecule has 0 aromatic carbocycles. The number of aliphatic hydroxyl groups excluding tert-OH is 20. The van der Waals surface area contributed by atoms with Crippen LogP contribution in [-0.2, 0) is 84.7 Å². The number of oxime groups is 1. The van der Waals surface area contributed by atoms with Crippen LogP contribution in [0.5, 0.6) is 0 Å². The monoisotopic (exact) mass is 1410 g/mol. The van der Waals surface area contributed by atoms with Crippen molar-refractivity contribution in [1.82, 2.24) is 0 Å². The highest BCUT2D eigenvalue weighted by Gasteiger charge is 2.60. The molecular weight excluding hydrogens is 1330 g/mol. The van der Waals surface area contributed by atoms with E-state index in [1.54, 1.807) is 23.9 Å². The molecule has 15 aliphatic heterocycles. The molecule has 1 aromatic rings. The van der Waals surface area contributed by atoms with Gasteiger partial charge in [-0.05, 0) is 5.56 Å². The highest BCUT2D eigenvalue weighted by atomic mass is 127. The summed E-state index contributed by atoms with van der Waals surface area (Å²) in [6, 6.07) is 3.07. The van der Waals surface area contributed by atoms with Gasteiger partial charge in [0.25, 0.3) is 0 Å². The van der Waals surface area contributed by atoms with Crippen LogP contribution >= 0.6 is 0 Å². The molecule has 16 heterocycles. The molecule has 15 fully saturated rings. The maximum Gasteiger partial charge on any atom is 0.227 e. The van der Waals surface area contributed by atoms with Gasteiger partial charge in [0.05, 0.1) is 52.9 Å². The Morgan fingerprint density at radius 2 is 0.607 bits per heavy atom. The zero-order chi connectivity index (χ0) is 63.7. The topological polar surface area (TPSA) is 580 Å². The van der Waals surface area contributed by atoms with Gasteiger partial charge in [0.1, 0.15) is 184 Å². The lowest BCUT2D eigenvalue weighted by Crippen LogP contribution is -3.00. The average molecular weight is 1410 g/mol. The van der Waals surface area contributed by atoms with E-state index in [1.165, 1.54) is 6.07 Å². The molecule has 512 valence electrons. The Morgan fingerprint density at radius 1 is 0.371 bits per heavy atom. The Hall–Kier alpha value is -2.05. The van der Waals surface area contributed by atoms with E-state index in [9.17, 15) is 107 Å². The summed E-state index contributed by atoms with van der Waals surface area (Å²) in [7, 11) is 1.62.